The SMILES string of the molecule is CC(=O)C(O)[C@H]1O[C@@H](n2cnc3c(Cl)nc(OCCc4ccc(Cl)cc4)nc32)[C@@](O)(C(C)=O)[C@@]1(O)C(C)=O. The molecule has 4 rings (SSSR count). The number of hydrogen-bond donors (Lipinski definition) is 3. The average molecular weight is 567 g/mol. The molecule has 1 aromatic carbocycles. The van der Waals surface area contributed by atoms with E-state index in [2.05, 4.69) is 15.0 Å². The standard InChI is InChI=1S/C24H24Cl2N4O8/c1-11(31)17(34)18-23(35,12(2)32)24(36,13(3)33)21(38-18)30-10-27-16-19(26)28-22(29-20(16)30)37-9-8-14-4-6-15(25)7-5-14/h4-7,10,17-18,21,34-36H,8-9H2,1-3H3/t17?,18-,21-,23-,24+/m1/s1. The molecule has 3 heterocycles. The molecular weight excluding hydrogens is 543 g/mol. The van der Waals surface area contributed by atoms with E-state index in [9.17, 15) is 29.7 Å². The van der Waals surface area contributed by atoms with Gasteiger partial charge < -0.3 is 24.8 Å². The van der Waals surface area contributed by atoms with E-state index in [0.717, 1.165) is 37.2 Å². The van der Waals surface area contributed by atoms with E-state index >= 15 is 0 Å². The van der Waals surface area contributed by atoms with E-state index < -0.39 is 47.0 Å². The number of aromatic nitrogens is 4. The van der Waals surface area contributed by atoms with Crippen LogP contribution in [0.2, 0.25) is 10.2 Å². The number of carbonyl (C=O) groups excluding carboxylic acids is 3. The van der Waals surface area contributed by atoms with E-state index in [1.807, 2.05) is 12.1 Å². The lowest BCUT2D eigenvalue weighted by Gasteiger charge is -2.37. The second-order valence-electron chi connectivity index (χ2n) is 8.96. The van der Waals surface area contributed by atoms with Crippen molar-refractivity contribution < 1.29 is 39.2 Å². The third-order valence-corrected chi connectivity index (χ3v) is 7.06. The fraction of sp³-hybridized carbons (Fsp3) is 0.417. The Morgan fingerprint density at radius 2 is 1.71 bits per heavy atom. The van der Waals surface area contributed by atoms with Gasteiger partial charge in [-0.25, -0.2) is 4.98 Å². The number of nitrogens with zero attached hydrogens (tertiary/aromatic N) is 4. The summed E-state index contributed by atoms with van der Waals surface area (Å²) < 4.78 is 12.4. The van der Waals surface area contributed by atoms with E-state index in [4.69, 9.17) is 32.7 Å². The van der Waals surface area contributed by atoms with Gasteiger partial charge in [-0.15, -0.1) is 0 Å². The molecule has 5 atom stereocenters. The molecule has 0 bridgehead atoms. The van der Waals surface area contributed by atoms with Crippen LogP contribution < -0.4 is 4.74 Å². The zero-order chi connectivity index (χ0) is 28.0. The van der Waals surface area contributed by atoms with Gasteiger partial charge in [-0.05, 0) is 38.5 Å². The van der Waals surface area contributed by atoms with Crippen molar-refractivity contribution >= 4 is 51.7 Å². The number of imidazole rings is 1. The Bertz CT molecular complexity index is 1410. The van der Waals surface area contributed by atoms with Crippen LogP contribution in [0, 0.1) is 0 Å². The van der Waals surface area contributed by atoms with Crippen LogP contribution in [0.3, 0.4) is 0 Å². The number of halogens is 2. The van der Waals surface area contributed by atoms with Gasteiger partial charge in [0.25, 0.3) is 0 Å². The Kier molecular flexibility index (Phi) is 7.58. The molecule has 3 N–H and O–H groups in total. The van der Waals surface area contributed by atoms with Crippen molar-refractivity contribution in [2.75, 3.05) is 6.61 Å². The quantitative estimate of drug-likeness (QED) is 0.318. The first-order valence-electron chi connectivity index (χ1n) is 11.4. The van der Waals surface area contributed by atoms with Gasteiger partial charge in [0.2, 0.25) is 5.60 Å². The van der Waals surface area contributed by atoms with E-state index in [1.165, 1.54) is 0 Å². The molecule has 202 valence electrons. The summed E-state index contributed by atoms with van der Waals surface area (Å²) in [4.78, 5) is 49.7. The first-order chi connectivity index (χ1) is 17.8. The van der Waals surface area contributed by atoms with Gasteiger partial charge in [0.15, 0.2) is 40.0 Å². The zero-order valence-corrected chi connectivity index (χ0v) is 22.0. The number of Topliss-reactive ketones (excluding diaryl/α,β-unsaturated/α-hetero) is 3. The topological polar surface area (TPSA) is 174 Å². The molecule has 1 aliphatic rings. The first-order valence-corrected chi connectivity index (χ1v) is 12.2. The molecule has 2 aromatic heterocycles. The molecule has 0 spiro atoms. The van der Waals surface area contributed by atoms with Crippen molar-refractivity contribution in [3.05, 3.63) is 46.3 Å². The molecule has 0 saturated carbocycles. The summed E-state index contributed by atoms with van der Waals surface area (Å²) in [5.41, 5.74) is -5.02. The number of rotatable bonds is 9. The fourth-order valence-corrected chi connectivity index (χ4v) is 4.78. The third-order valence-electron chi connectivity index (χ3n) is 6.55. The Morgan fingerprint density at radius 1 is 1.08 bits per heavy atom. The van der Waals surface area contributed by atoms with Gasteiger partial charge in [-0.2, -0.15) is 9.97 Å². The molecule has 1 unspecified atom stereocenters. The number of ether oxygens (including phenoxy) is 2. The molecular formula is C24H24Cl2N4O8. The van der Waals surface area contributed by atoms with E-state index in [1.54, 1.807) is 12.1 Å². The van der Waals surface area contributed by atoms with Gasteiger partial charge in [0.1, 0.15) is 17.7 Å². The summed E-state index contributed by atoms with van der Waals surface area (Å²) in [7, 11) is 0. The number of aliphatic hydroxyl groups is 3. The minimum atomic E-state index is -2.99. The van der Waals surface area contributed by atoms with Crippen LogP contribution >= 0.6 is 23.2 Å². The number of benzene rings is 1. The first kappa shape index (κ1) is 28.0. The Hall–Kier alpha value is -3.00. The molecule has 1 saturated heterocycles. The fourth-order valence-electron chi connectivity index (χ4n) is 4.45. The van der Waals surface area contributed by atoms with Crippen molar-refractivity contribution in [3.8, 4) is 6.01 Å². The highest BCUT2D eigenvalue weighted by Gasteiger charge is 2.73. The number of ketones is 3. The summed E-state index contributed by atoms with van der Waals surface area (Å²) in [5, 5.41) is 33.8. The van der Waals surface area contributed by atoms with Gasteiger partial charge in [0.05, 0.1) is 12.9 Å². The summed E-state index contributed by atoms with van der Waals surface area (Å²) in [6, 6.07) is 6.99. The molecule has 0 amide bonds. The molecule has 0 aliphatic carbocycles. The lowest BCUT2D eigenvalue weighted by Crippen LogP contribution is -2.67. The second-order valence-corrected chi connectivity index (χ2v) is 9.75. The Labute approximate surface area is 226 Å². The second kappa shape index (κ2) is 10.3. The van der Waals surface area contributed by atoms with Gasteiger partial charge >= 0.3 is 6.01 Å². The van der Waals surface area contributed by atoms with Crippen molar-refractivity contribution in [3.63, 3.8) is 0 Å². The third kappa shape index (κ3) is 4.46. The predicted octanol–water partition coefficient (Wildman–Crippen LogP) is 1.24. The molecule has 12 nitrogen and oxygen atoms in total. The number of carbonyl (C=O) groups is 3. The largest absolute Gasteiger partial charge is 0.463 e. The Balaban J connectivity index is 1.74. The maximum Gasteiger partial charge on any atom is 0.319 e. The minimum Gasteiger partial charge on any atom is -0.463 e. The maximum atomic E-state index is 12.8. The van der Waals surface area contributed by atoms with Gasteiger partial charge in [-0.3, -0.25) is 19.0 Å². The van der Waals surface area contributed by atoms with Crippen molar-refractivity contribution in [1.82, 2.24) is 19.5 Å². The van der Waals surface area contributed by atoms with Gasteiger partial charge in [-0.1, -0.05) is 35.3 Å². The molecule has 3 aromatic rings. The van der Waals surface area contributed by atoms with Crippen LogP contribution in [0.5, 0.6) is 6.01 Å². The molecule has 1 aliphatic heterocycles. The minimum absolute atomic E-state index is 0.0353. The maximum absolute atomic E-state index is 12.8. The highest BCUT2D eigenvalue weighted by Crippen LogP contribution is 2.49. The highest BCUT2D eigenvalue weighted by atomic mass is 35.5. The molecule has 14 heteroatoms. The number of hydrogen-bond acceptors (Lipinski definition) is 11. The highest BCUT2D eigenvalue weighted by molar-refractivity contribution is 6.33. The van der Waals surface area contributed by atoms with Crippen LogP contribution in [0.1, 0.15) is 32.6 Å². The van der Waals surface area contributed by atoms with Gasteiger partial charge in [0, 0.05) is 11.4 Å². The van der Waals surface area contributed by atoms with Crippen LogP contribution in [0.15, 0.2) is 30.6 Å². The smallest absolute Gasteiger partial charge is 0.319 e. The van der Waals surface area contributed by atoms with E-state index in [-0.39, 0.29) is 28.9 Å². The normalized spacial score (nSPS) is 25.9. The van der Waals surface area contributed by atoms with E-state index in [0.29, 0.717) is 11.4 Å². The lowest BCUT2D eigenvalue weighted by atomic mass is 9.73. The van der Waals surface area contributed by atoms with Crippen LogP contribution in [0.4, 0.5) is 0 Å². The van der Waals surface area contributed by atoms with Crippen LogP contribution in [-0.2, 0) is 25.5 Å². The van der Waals surface area contributed by atoms with Crippen molar-refractivity contribution in [2.24, 2.45) is 0 Å². The van der Waals surface area contributed by atoms with Crippen LogP contribution in [-0.4, -0.2) is 82.2 Å². The van der Waals surface area contributed by atoms with Crippen LogP contribution in [0.25, 0.3) is 11.2 Å². The summed E-state index contributed by atoms with van der Waals surface area (Å²) >= 11 is 12.2. The van der Waals surface area contributed by atoms with Crippen molar-refractivity contribution in [1.29, 1.82) is 0 Å². The summed E-state index contributed by atoms with van der Waals surface area (Å²) in [6.45, 7) is 2.99. The number of fused-ring (bicyclic) bond motifs is 1. The summed E-state index contributed by atoms with van der Waals surface area (Å²) in [6.07, 6.45) is -4.28. The van der Waals surface area contributed by atoms with Crippen molar-refractivity contribution in [2.45, 2.75) is 56.8 Å². The monoisotopic (exact) mass is 566 g/mol. The molecule has 0 radical (unpaired) electrons. The molecule has 38 heavy (non-hydrogen) atoms. The predicted molar refractivity (Wildman–Crippen MR) is 133 cm³/mol. The Morgan fingerprint density at radius 3 is 2.29 bits per heavy atom. The number of aliphatic hydroxyl groups excluding tert-OH is 1. The summed E-state index contributed by atoms with van der Waals surface area (Å²) in [5.74, 6) is -3.04. The average Bonchev–Trinajstić information content (AvgIpc) is 3.38. The lowest BCUT2D eigenvalue weighted by molar-refractivity contribution is -0.184. The zero-order valence-electron chi connectivity index (χ0n) is 20.5. The molecule has 1 fully saturated rings.